The van der Waals surface area contributed by atoms with Gasteiger partial charge in [-0.25, -0.2) is 0 Å². The molecule has 0 saturated carbocycles. The third-order valence-corrected chi connectivity index (χ3v) is 4.35. The fourth-order valence-electron chi connectivity index (χ4n) is 2.63. The topological polar surface area (TPSA) is 46.2 Å². The van der Waals surface area contributed by atoms with Crippen LogP contribution in [0.3, 0.4) is 0 Å². The maximum atomic E-state index is 12.5. The number of carbonyl (C=O) groups excluding carboxylic acids is 2. The van der Waals surface area contributed by atoms with Crippen LogP contribution in [-0.2, 0) is 0 Å². The van der Waals surface area contributed by atoms with Crippen LogP contribution < -0.4 is 5.32 Å². The number of hydrogen-bond acceptors (Lipinski definition) is 2. The van der Waals surface area contributed by atoms with Crippen LogP contribution in [0.5, 0.6) is 0 Å². The van der Waals surface area contributed by atoms with E-state index in [1.807, 2.05) is 37.3 Å². The minimum absolute atomic E-state index is 0.00263. The first-order chi connectivity index (χ1) is 10.5. The summed E-state index contributed by atoms with van der Waals surface area (Å²) >= 11 is 0. The van der Waals surface area contributed by atoms with E-state index in [1.165, 1.54) is 0 Å². The molecule has 1 N–H and O–H groups in total. The van der Waals surface area contributed by atoms with E-state index < -0.39 is 0 Å². The SMILES string of the molecule is CC(C)C(C)NC(=O)c1ccc2c(c1)C(=O)c1ccccc1-2. The first-order valence-electron chi connectivity index (χ1n) is 7.58. The summed E-state index contributed by atoms with van der Waals surface area (Å²) in [6, 6.07) is 13.0. The zero-order valence-electron chi connectivity index (χ0n) is 13.0. The standard InChI is InChI=1S/C19H19NO2/c1-11(2)12(3)20-19(22)13-8-9-15-14-6-4-5-7-16(14)18(21)17(15)10-13/h4-12H,1-3H3,(H,20,22). The lowest BCUT2D eigenvalue weighted by molar-refractivity contribution is 0.0930. The number of hydrogen-bond donors (Lipinski definition) is 1. The van der Waals surface area contributed by atoms with Crippen molar-refractivity contribution in [2.24, 2.45) is 5.92 Å². The fraction of sp³-hybridized carbons (Fsp3) is 0.263. The lowest BCUT2D eigenvalue weighted by Crippen LogP contribution is -2.36. The van der Waals surface area contributed by atoms with Crippen LogP contribution in [0.15, 0.2) is 42.5 Å². The third-order valence-electron chi connectivity index (χ3n) is 4.35. The van der Waals surface area contributed by atoms with Crippen molar-refractivity contribution in [2.45, 2.75) is 26.8 Å². The van der Waals surface area contributed by atoms with Crippen molar-refractivity contribution < 1.29 is 9.59 Å². The van der Waals surface area contributed by atoms with Gasteiger partial charge in [0.25, 0.3) is 5.91 Å². The molecule has 3 rings (SSSR count). The van der Waals surface area contributed by atoms with Crippen LogP contribution >= 0.6 is 0 Å². The highest BCUT2D eigenvalue weighted by atomic mass is 16.1. The Kier molecular flexibility index (Phi) is 3.57. The lowest BCUT2D eigenvalue weighted by atomic mass is 10.0. The maximum Gasteiger partial charge on any atom is 0.251 e. The van der Waals surface area contributed by atoms with Gasteiger partial charge in [0.05, 0.1) is 0 Å². The van der Waals surface area contributed by atoms with Gasteiger partial charge >= 0.3 is 0 Å². The van der Waals surface area contributed by atoms with Crippen molar-refractivity contribution in [1.29, 1.82) is 0 Å². The van der Waals surface area contributed by atoms with Crippen molar-refractivity contribution in [3.63, 3.8) is 0 Å². The van der Waals surface area contributed by atoms with Crippen molar-refractivity contribution in [3.05, 3.63) is 59.2 Å². The van der Waals surface area contributed by atoms with Crippen LogP contribution in [0.25, 0.3) is 11.1 Å². The largest absolute Gasteiger partial charge is 0.349 e. The number of fused-ring (bicyclic) bond motifs is 3. The molecule has 0 aliphatic heterocycles. The molecule has 2 aromatic carbocycles. The Bertz CT molecular complexity index is 762. The fourth-order valence-corrected chi connectivity index (χ4v) is 2.63. The van der Waals surface area contributed by atoms with E-state index in [1.54, 1.807) is 12.1 Å². The molecule has 1 aliphatic carbocycles. The third kappa shape index (κ3) is 2.33. The number of amides is 1. The monoisotopic (exact) mass is 293 g/mol. The predicted octanol–water partition coefficient (Wildman–Crippen LogP) is 3.67. The second-order valence-electron chi connectivity index (χ2n) is 6.14. The molecule has 0 aromatic heterocycles. The highest BCUT2D eigenvalue weighted by Gasteiger charge is 2.27. The smallest absolute Gasteiger partial charge is 0.251 e. The number of ketones is 1. The Balaban J connectivity index is 1.94. The number of benzene rings is 2. The second kappa shape index (κ2) is 5.41. The van der Waals surface area contributed by atoms with Crippen molar-refractivity contribution >= 4 is 11.7 Å². The number of nitrogens with one attached hydrogen (secondary N) is 1. The zero-order valence-corrected chi connectivity index (χ0v) is 13.0. The molecule has 0 spiro atoms. The van der Waals surface area contributed by atoms with E-state index in [4.69, 9.17) is 0 Å². The van der Waals surface area contributed by atoms with Gasteiger partial charge in [-0.05, 0) is 36.1 Å². The van der Waals surface area contributed by atoms with Crippen LogP contribution in [0.2, 0.25) is 0 Å². The Morgan fingerprint density at radius 1 is 0.909 bits per heavy atom. The van der Waals surface area contributed by atoms with Crippen LogP contribution in [0.1, 0.15) is 47.1 Å². The predicted molar refractivity (Wildman–Crippen MR) is 87.1 cm³/mol. The molecule has 0 radical (unpaired) electrons. The van der Waals surface area contributed by atoms with E-state index in [-0.39, 0.29) is 17.7 Å². The van der Waals surface area contributed by atoms with Gasteiger partial charge < -0.3 is 5.32 Å². The maximum absolute atomic E-state index is 12.5. The molecule has 0 heterocycles. The van der Waals surface area contributed by atoms with Crippen LogP contribution in [0, 0.1) is 5.92 Å². The first kappa shape index (κ1) is 14.5. The summed E-state index contributed by atoms with van der Waals surface area (Å²) in [4.78, 5) is 24.8. The minimum atomic E-state index is -0.132. The molecule has 2 aromatic rings. The van der Waals surface area contributed by atoms with E-state index in [0.717, 1.165) is 11.1 Å². The molecular weight excluding hydrogens is 274 g/mol. The summed E-state index contributed by atoms with van der Waals surface area (Å²) in [5, 5.41) is 2.97. The quantitative estimate of drug-likeness (QED) is 0.801. The Morgan fingerprint density at radius 3 is 2.23 bits per heavy atom. The summed E-state index contributed by atoms with van der Waals surface area (Å²) in [5.74, 6) is 0.231. The van der Waals surface area contributed by atoms with Crippen LogP contribution in [-0.4, -0.2) is 17.7 Å². The highest BCUT2D eigenvalue weighted by Crippen LogP contribution is 2.36. The molecular formula is C19H19NO2. The summed E-state index contributed by atoms with van der Waals surface area (Å²) in [6.45, 7) is 6.11. The van der Waals surface area contributed by atoms with Crippen molar-refractivity contribution in [3.8, 4) is 11.1 Å². The van der Waals surface area contributed by atoms with Gasteiger partial charge in [0.2, 0.25) is 0 Å². The van der Waals surface area contributed by atoms with Gasteiger partial charge in [-0.3, -0.25) is 9.59 Å². The number of carbonyl (C=O) groups is 2. The molecule has 22 heavy (non-hydrogen) atoms. The summed E-state index contributed by atoms with van der Waals surface area (Å²) in [7, 11) is 0. The average Bonchev–Trinajstić information content (AvgIpc) is 2.80. The van der Waals surface area contributed by atoms with E-state index in [0.29, 0.717) is 22.6 Å². The second-order valence-corrected chi connectivity index (χ2v) is 6.14. The van der Waals surface area contributed by atoms with Gasteiger partial charge in [0, 0.05) is 22.7 Å². The Labute approximate surface area is 130 Å². The van der Waals surface area contributed by atoms with Crippen molar-refractivity contribution in [1.82, 2.24) is 5.32 Å². The number of rotatable bonds is 3. The van der Waals surface area contributed by atoms with Gasteiger partial charge in [-0.15, -0.1) is 0 Å². The van der Waals surface area contributed by atoms with E-state index in [9.17, 15) is 9.59 Å². The minimum Gasteiger partial charge on any atom is -0.349 e. The van der Waals surface area contributed by atoms with Gasteiger partial charge in [-0.1, -0.05) is 44.2 Å². The Hall–Kier alpha value is -2.42. The summed E-state index contributed by atoms with van der Waals surface area (Å²) < 4.78 is 0. The summed E-state index contributed by atoms with van der Waals surface area (Å²) in [6.07, 6.45) is 0. The molecule has 3 nitrogen and oxygen atoms in total. The van der Waals surface area contributed by atoms with Crippen LogP contribution in [0.4, 0.5) is 0 Å². The first-order valence-corrected chi connectivity index (χ1v) is 7.58. The van der Waals surface area contributed by atoms with Gasteiger partial charge in [-0.2, -0.15) is 0 Å². The molecule has 1 unspecified atom stereocenters. The molecule has 1 aliphatic rings. The molecule has 112 valence electrons. The lowest BCUT2D eigenvalue weighted by Gasteiger charge is -2.17. The highest BCUT2D eigenvalue weighted by molar-refractivity contribution is 6.22. The molecule has 1 amide bonds. The normalized spacial score (nSPS) is 13.7. The molecule has 3 heteroatoms. The van der Waals surface area contributed by atoms with Gasteiger partial charge in [0.1, 0.15) is 0 Å². The zero-order chi connectivity index (χ0) is 15.9. The van der Waals surface area contributed by atoms with Gasteiger partial charge in [0.15, 0.2) is 5.78 Å². The van der Waals surface area contributed by atoms with Crippen molar-refractivity contribution in [2.75, 3.05) is 0 Å². The Morgan fingerprint density at radius 2 is 1.55 bits per heavy atom. The molecule has 0 fully saturated rings. The summed E-state index contributed by atoms with van der Waals surface area (Å²) in [5.41, 5.74) is 3.73. The van der Waals surface area contributed by atoms with E-state index in [2.05, 4.69) is 19.2 Å². The molecule has 0 saturated heterocycles. The average molecular weight is 293 g/mol. The molecule has 0 bridgehead atoms. The van der Waals surface area contributed by atoms with E-state index >= 15 is 0 Å². The molecule has 1 atom stereocenters.